The maximum atomic E-state index is 13.1. The highest BCUT2D eigenvalue weighted by Crippen LogP contribution is 2.31. The fraction of sp³-hybridized carbons (Fsp3) is 0.684. The normalized spacial score (nSPS) is 27.5. The van der Waals surface area contributed by atoms with Gasteiger partial charge in [-0.1, -0.05) is 45.7 Å². The van der Waals surface area contributed by atoms with E-state index in [-0.39, 0.29) is 5.82 Å². The molecule has 1 fully saturated rings. The van der Waals surface area contributed by atoms with Crippen molar-refractivity contribution in [3.05, 3.63) is 35.6 Å². The van der Waals surface area contributed by atoms with Gasteiger partial charge in [-0.05, 0) is 55.2 Å². The number of hydrogen-bond acceptors (Lipinski definition) is 1. The topological polar surface area (TPSA) is 12.0 Å². The molecule has 4 atom stereocenters. The van der Waals surface area contributed by atoms with Gasteiger partial charge in [0.2, 0.25) is 0 Å². The molecule has 1 N–H and O–H groups in total. The van der Waals surface area contributed by atoms with E-state index >= 15 is 0 Å². The molecule has 118 valence electrons. The molecule has 1 aromatic carbocycles. The minimum atomic E-state index is -0.146. The van der Waals surface area contributed by atoms with E-state index < -0.39 is 0 Å². The molecule has 0 aromatic heterocycles. The number of unbranched alkanes of at least 4 members (excludes halogenated alkanes) is 1. The molecule has 0 aliphatic heterocycles. The standard InChI is InChI=1S/C19H30FN/c1-4-5-6-19(16-8-10-17(20)11-9-16)21-18-12-7-14(2)13-15(18)3/h8-11,14-15,18-19,21H,4-7,12-13H2,1-3H3. The van der Waals surface area contributed by atoms with Crippen LogP contribution in [0.15, 0.2) is 24.3 Å². The number of hydrogen-bond donors (Lipinski definition) is 1. The van der Waals surface area contributed by atoms with Gasteiger partial charge < -0.3 is 5.32 Å². The lowest BCUT2D eigenvalue weighted by atomic mass is 9.79. The Balaban J connectivity index is 2.03. The van der Waals surface area contributed by atoms with E-state index in [1.807, 2.05) is 12.1 Å². The van der Waals surface area contributed by atoms with Crippen LogP contribution in [0.2, 0.25) is 0 Å². The van der Waals surface area contributed by atoms with E-state index in [1.54, 1.807) is 12.1 Å². The summed E-state index contributed by atoms with van der Waals surface area (Å²) in [5.41, 5.74) is 1.23. The molecule has 0 bridgehead atoms. The second-order valence-corrected chi connectivity index (χ2v) is 6.92. The predicted octanol–water partition coefficient (Wildman–Crippen LogP) is 5.47. The van der Waals surface area contributed by atoms with Crippen LogP contribution in [-0.2, 0) is 0 Å². The van der Waals surface area contributed by atoms with Gasteiger partial charge in [0.25, 0.3) is 0 Å². The third kappa shape index (κ3) is 4.81. The predicted molar refractivity (Wildman–Crippen MR) is 87.8 cm³/mol. The number of benzene rings is 1. The first-order valence-electron chi connectivity index (χ1n) is 8.61. The van der Waals surface area contributed by atoms with Crippen LogP contribution < -0.4 is 5.32 Å². The summed E-state index contributed by atoms with van der Waals surface area (Å²) in [6.07, 6.45) is 7.48. The Bertz CT molecular complexity index is 414. The average molecular weight is 291 g/mol. The van der Waals surface area contributed by atoms with Crippen LogP contribution in [0, 0.1) is 17.7 Å². The Morgan fingerprint density at radius 1 is 1.19 bits per heavy atom. The highest BCUT2D eigenvalue weighted by atomic mass is 19.1. The summed E-state index contributed by atoms with van der Waals surface area (Å²) in [4.78, 5) is 0. The Kier molecular flexibility index (Phi) is 6.22. The van der Waals surface area contributed by atoms with Crippen molar-refractivity contribution >= 4 is 0 Å². The first-order valence-corrected chi connectivity index (χ1v) is 8.61. The van der Waals surface area contributed by atoms with Crippen molar-refractivity contribution in [3.63, 3.8) is 0 Å². The Labute approximate surface area is 129 Å². The second kappa shape index (κ2) is 7.93. The molecule has 2 rings (SSSR count). The lowest BCUT2D eigenvalue weighted by Gasteiger charge is -2.36. The van der Waals surface area contributed by atoms with E-state index in [9.17, 15) is 4.39 Å². The number of nitrogens with one attached hydrogen (secondary N) is 1. The molecule has 0 spiro atoms. The van der Waals surface area contributed by atoms with Gasteiger partial charge in [0.15, 0.2) is 0 Å². The molecule has 0 radical (unpaired) electrons. The van der Waals surface area contributed by atoms with E-state index in [2.05, 4.69) is 26.1 Å². The van der Waals surface area contributed by atoms with Crippen LogP contribution in [0.4, 0.5) is 4.39 Å². The van der Waals surface area contributed by atoms with Crippen LogP contribution >= 0.6 is 0 Å². The minimum absolute atomic E-state index is 0.146. The third-order valence-corrected chi connectivity index (χ3v) is 4.97. The van der Waals surface area contributed by atoms with Crippen LogP contribution in [0.25, 0.3) is 0 Å². The van der Waals surface area contributed by atoms with Gasteiger partial charge in [0, 0.05) is 12.1 Å². The zero-order valence-corrected chi connectivity index (χ0v) is 13.7. The molecular formula is C19H30FN. The molecule has 0 amide bonds. The molecular weight excluding hydrogens is 261 g/mol. The molecule has 1 saturated carbocycles. The lowest BCUT2D eigenvalue weighted by Crippen LogP contribution is -2.41. The molecule has 21 heavy (non-hydrogen) atoms. The van der Waals surface area contributed by atoms with Crippen LogP contribution in [0.3, 0.4) is 0 Å². The summed E-state index contributed by atoms with van der Waals surface area (Å²) in [7, 11) is 0. The first-order chi connectivity index (χ1) is 10.1. The first kappa shape index (κ1) is 16.5. The van der Waals surface area contributed by atoms with Gasteiger partial charge in [-0.15, -0.1) is 0 Å². The molecule has 1 nitrogen and oxygen atoms in total. The fourth-order valence-corrected chi connectivity index (χ4v) is 3.62. The lowest BCUT2D eigenvalue weighted by molar-refractivity contribution is 0.210. The summed E-state index contributed by atoms with van der Waals surface area (Å²) >= 11 is 0. The van der Waals surface area contributed by atoms with E-state index in [0.29, 0.717) is 12.1 Å². The third-order valence-electron chi connectivity index (χ3n) is 4.97. The maximum Gasteiger partial charge on any atom is 0.123 e. The van der Waals surface area contributed by atoms with Crippen LogP contribution in [0.5, 0.6) is 0 Å². The van der Waals surface area contributed by atoms with E-state index in [1.165, 1.54) is 37.7 Å². The molecule has 1 aliphatic rings. The molecule has 4 unspecified atom stereocenters. The Hall–Kier alpha value is -0.890. The molecule has 2 heteroatoms. The number of halogens is 1. The summed E-state index contributed by atoms with van der Waals surface area (Å²) in [5, 5.41) is 3.87. The van der Waals surface area contributed by atoms with Gasteiger partial charge in [-0.25, -0.2) is 4.39 Å². The average Bonchev–Trinajstić information content (AvgIpc) is 2.46. The molecule has 0 saturated heterocycles. The second-order valence-electron chi connectivity index (χ2n) is 6.92. The highest BCUT2D eigenvalue weighted by Gasteiger charge is 2.27. The fourth-order valence-electron chi connectivity index (χ4n) is 3.62. The quantitative estimate of drug-likeness (QED) is 0.732. The summed E-state index contributed by atoms with van der Waals surface area (Å²) < 4.78 is 13.1. The molecule has 1 aliphatic carbocycles. The smallest absolute Gasteiger partial charge is 0.123 e. The SMILES string of the molecule is CCCCC(NC1CCC(C)CC1C)c1ccc(F)cc1. The monoisotopic (exact) mass is 291 g/mol. The molecule has 0 heterocycles. The molecule has 1 aromatic rings. The largest absolute Gasteiger partial charge is 0.307 e. The highest BCUT2D eigenvalue weighted by molar-refractivity contribution is 5.20. The van der Waals surface area contributed by atoms with Crippen molar-refractivity contribution in [1.82, 2.24) is 5.32 Å². The maximum absolute atomic E-state index is 13.1. The van der Waals surface area contributed by atoms with Gasteiger partial charge >= 0.3 is 0 Å². The van der Waals surface area contributed by atoms with Gasteiger partial charge in [-0.3, -0.25) is 0 Å². The van der Waals surface area contributed by atoms with Crippen molar-refractivity contribution < 1.29 is 4.39 Å². The summed E-state index contributed by atoms with van der Waals surface area (Å²) in [6, 6.07) is 8.03. The Morgan fingerprint density at radius 2 is 1.90 bits per heavy atom. The van der Waals surface area contributed by atoms with Crippen molar-refractivity contribution in [1.29, 1.82) is 0 Å². The Morgan fingerprint density at radius 3 is 2.52 bits per heavy atom. The zero-order valence-electron chi connectivity index (χ0n) is 13.7. The van der Waals surface area contributed by atoms with E-state index in [0.717, 1.165) is 18.3 Å². The summed E-state index contributed by atoms with van der Waals surface area (Å²) in [6.45, 7) is 6.96. The summed E-state index contributed by atoms with van der Waals surface area (Å²) in [5.74, 6) is 1.45. The van der Waals surface area contributed by atoms with E-state index in [4.69, 9.17) is 0 Å². The van der Waals surface area contributed by atoms with Crippen LogP contribution in [-0.4, -0.2) is 6.04 Å². The van der Waals surface area contributed by atoms with Crippen LogP contribution in [0.1, 0.15) is 70.9 Å². The van der Waals surface area contributed by atoms with Crippen molar-refractivity contribution in [2.45, 2.75) is 71.4 Å². The van der Waals surface area contributed by atoms with Gasteiger partial charge in [0.05, 0.1) is 0 Å². The van der Waals surface area contributed by atoms with Crippen molar-refractivity contribution in [2.24, 2.45) is 11.8 Å². The minimum Gasteiger partial charge on any atom is -0.307 e. The van der Waals surface area contributed by atoms with Gasteiger partial charge in [-0.2, -0.15) is 0 Å². The zero-order chi connectivity index (χ0) is 15.2. The van der Waals surface area contributed by atoms with Crippen molar-refractivity contribution in [2.75, 3.05) is 0 Å². The van der Waals surface area contributed by atoms with Crippen molar-refractivity contribution in [3.8, 4) is 0 Å². The number of rotatable bonds is 6. The van der Waals surface area contributed by atoms with Gasteiger partial charge in [0.1, 0.15) is 5.82 Å².